The number of hydrogen-bond acceptors (Lipinski definition) is 3. The smallest absolute Gasteiger partial charge is 0.0996 e. The van der Waals surface area contributed by atoms with E-state index in [1.54, 1.807) is 12.5 Å². The first-order valence-electron chi connectivity index (χ1n) is 6.38. The molecule has 1 aliphatic rings. The zero-order valence-corrected chi connectivity index (χ0v) is 10.3. The maximum Gasteiger partial charge on any atom is 0.0996 e. The van der Waals surface area contributed by atoms with E-state index in [1.807, 2.05) is 18.3 Å². The first-order chi connectivity index (χ1) is 9.42. The fraction of sp³-hybridized carbons (Fsp3) is 0.125. The van der Waals surface area contributed by atoms with Gasteiger partial charge in [-0.3, -0.25) is 4.98 Å². The molecule has 0 bridgehead atoms. The Morgan fingerprint density at radius 3 is 2.68 bits per heavy atom. The summed E-state index contributed by atoms with van der Waals surface area (Å²) in [5.74, 6) is 0. The highest BCUT2D eigenvalue weighted by molar-refractivity contribution is 5.69. The SMILES string of the molecule is c1cnc2c(c1)CCc1ccc(-c3ccoc3)nc1-2. The summed E-state index contributed by atoms with van der Waals surface area (Å²) in [7, 11) is 0. The van der Waals surface area contributed by atoms with Gasteiger partial charge in [-0.2, -0.15) is 0 Å². The van der Waals surface area contributed by atoms with E-state index >= 15 is 0 Å². The average Bonchev–Trinajstić information content (AvgIpc) is 3.01. The van der Waals surface area contributed by atoms with Gasteiger partial charge in [0, 0.05) is 11.8 Å². The summed E-state index contributed by atoms with van der Waals surface area (Å²) in [6.45, 7) is 0. The molecule has 0 unspecified atom stereocenters. The molecule has 3 aromatic rings. The molecule has 0 aromatic carbocycles. The van der Waals surface area contributed by atoms with E-state index in [2.05, 4.69) is 23.2 Å². The number of nitrogens with zero attached hydrogens (tertiary/aromatic N) is 2. The number of furan rings is 1. The topological polar surface area (TPSA) is 38.9 Å². The van der Waals surface area contributed by atoms with E-state index in [1.165, 1.54) is 11.1 Å². The number of aryl methyl sites for hydroxylation is 2. The summed E-state index contributed by atoms with van der Waals surface area (Å²) in [5, 5.41) is 0. The van der Waals surface area contributed by atoms with Crippen molar-refractivity contribution >= 4 is 0 Å². The van der Waals surface area contributed by atoms with Crippen LogP contribution in [0.15, 0.2) is 53.5 Å². The Kier molecular flexibility index (Phi) is 2.24. The van der Waals surface area contributed by atoms with Crippen molar-refractivity contribution in [2.45, 2.75) is 12.8 Å². The van der Waals surface area contributed by atoms with Crippen LogP contribution in [-0.4, -0.2) is 9.97 Å². The molecule has 4 rings (SSSR count). The highest BCUT2D eigenvalue weighted by Gasteiger charge is 2.19. The van der Waals surface area contributed by atoms with E-state index in [-0.39, 0.29) is 0 Å². The number of pyridine rings is 2. The fourth-order valence-corrected chi connectivity index (χ4v) is 2.59. The first-order valence-corrected chi connectivity index (χ1v) is 6.38. The molecule has 3 nitrogen and oxygen atoms in total. The first kappa shape index (κ1) is 10.5. The molecule has 0 atom stereocenters. The molecule has 3 aromatic heterocycles. The van der Waals surface area contributed by atoms with E-state index < -0.39 is 0 Å². The van der Waals surface area contributed by atoms with Gasteiger partial charge < -0.3 is 4.42 Å². The highest BCUT2D eigenvalue weighted by atomic mass is 16.3. The number of aromatic nitrogens is 2. The van der Waals surface area contributed by atoms with Gasteiger partial charge in [-0.1, -0.05) is 12.1 Å². The molecule has 0 spiro atoms. The maximum absolute atomic E-state index is 5.13. The van der Waals surface area contributed by atoms with Crippen LogP contribution in [0.4, 0.5) is 0 Å². The quantitative estimate of drug-likeness (QED) is 0.661. The summed E-state index contributed by atoms with van der Waals surface area (Å²) in [6, 6.07) is 10.3. The molecule has 0 saturated heterocycles. The standard InChI is InChI=1S/C16H12N2O/c1-2-11-3-4-12-5-6-14(13-7-9-19-10-13)18-16(12)15(11)17-8-1/h1-2,5-10H,3-4H2. The average molecular weight is 248 g/mol. The van der Waals surface area contributed by atoms with Gasteiger partial charge in [-0.15, -0.1) is 0 Å². The lowest BCUT2D eigenvalue weighted by Gasteiger charge is -2.18. The van der Waals surface area contributed by atoms with Gasteiger partial charge in [0.2, 0.25) is 0 Å². The number of hydrogen-bond donors (Lipinski definition) is 0. The van der Waals surface area contributed by atoms with Crippen molar-refractivity contribution in [3.8, 4) is 22.6 Å². The Labute approximate surface area is 111 Å². The molecule has 0 saturated carbocycles. The second-order valence-electron chi connectivity index (χ2n) is 4.73. The summed E-state index contributed by atoms with van der Waals surface area (Å²) in [5.41, 5.74) is 6.54. The Bertz CT molecular complexity index is 732. The zero-order valence-electron chi connectivity index (χ0n) is 10.3. The minimum atomic E-state index is 0.936. The normalized spacial score (nSPS) is 12.8. The minimum Gasteiger partial charge on any atom is -0.472 e. The number of rotatable bonds is 1. The van der Waals surface area contributed by atoms with Crippen molar-refractivity contribution in [2.24, 2.45) is 0 Å². The second-order valence-corrected chi connectivity index (χ2v) is 4.73. The lowest BCUT2D eigenvalue weighted by atomic mass is 9.92. The summed E-state index contributed by atoms with van der Waals surface area (Å²) < 4.78 is 5.13. The van der Waals surface area contributed by atoms with Crippen molar-refractivity contribution in [1.82, 2.24) is 9.97 Å². The third-order valence-corrected chi connectivity index (χ3v) is 3.58. The molecule has 19 heavy (non-hydrogen) atoms. The summed E-state index contributed by atoms with van der Waals surface area (Å²) in [6.07, 6.45) is 7.30. The van der Waals surface area contributed by atoms with Crippen molar-refractivity contribution < 1.29 is 4.42 Å². The third-order valence-electron chi connectivity index (χ3n) is 3.58. The molecule has 1 aliphatic carbocycles. The van der Waals surface area contributed by atoms with Crippen LogP contribution < -0.4 is 0 Å². The van der Waals surface area contributed by atoms with Crippen LogP contribution in [0.25, 0.3) is 22.6 Å². The predicted molar refractivity (Wildman–Crippen MR) is 72.6 cm³/mol. The van der Waals surface area contributed by atoms with E-state index in [0.29, 0.717) is 0 Å². The van der Waals surface area contributed by atoms with Crippen LogP contribution in [0.3, 0.4) is 0 Å². The van der Waals surface area contributed by atoms with Crippen molar-refractivity contribution in [2.75, 3.05) is 0 Å². The lowest BCUT2D eigenvalue weighted by Crippen LogP contribution is -2.07. The van der Waals surface area contributed by atoms with E-state index in [4.69, 9.17) is 9.40 Å². The van der Waals surface area contributed by atoms with Crippen LogP contribution in [-0.2, 0) is 12.8 Å². The Hall–Kier alpha value is -2.42. The Morgan fingerprint density at radius 1 is 0.947 bits per heavy atom. The van der Waals surface area contributed by atoms with Crippen LogP contribution in [0.1, 0.15) is 11.1 Å². The van der Waals surface area contributed by atoms with Crippen LogP contribution in [0.2, 0.25) is 0 Å². The third kappa shape index (κ3) is 1.66. The van der Waals surface area contributed by atoms with Gasteiger partial charge in [0.1, 0.15) is 0 Å². The van der Waals surface area contributed by atoms with Crippen LogP contribution in [0, 0.1) is 0 Å². The molecule has 3 heteroatoms. The van der Waals surface area contributed by atoms with Gasteiger partial charge in [0.05, 0.1) is 29.6 Å². The number of fused-ring (bicyclic) bond motifs is 3. The monoisotopic (exact) mass is 248 g/mol. The van der Waals surface area contributed by atoms with Crippen molar-refractivity contribution in [1.29, 1.82) is 0 Å². The molecule has 0 fully saturated rings. The predicted octanol–water partition coefficient (Wildman–Crippen LogP) is 3.50. The van der Waals surface area contributed by atoms with Crippen LogP contribution >= 0.6 is 0 Å². The molecule has 3 heterocycles. The van der Waals surface area contributed by atoms with Crippen molar-refractivity contribution in [3.05, 3.63) is 60.2 Å². The molecule has 0 radical (unpaired) electrons. The summed E-state index contributed by atoms with van der Waals surface area (Å²) >= 11 is 0. The zero-order chi connectivity index (χ0) is 12.7. The Morgan fingerprint density at radius 2 is 1.84 bits per heavy atom. The van der Waals surface area contributed by atoms with Gasteiger partial charge in [-0.05, 0) is 42.2 Å². The lowest BCUT2D eigenvalue weighted by molar-refractivity contribution is 0.568. The van der Waals surface area contributed by atoms with Crippen LogP contribution in [0.5, 0.6) is 0 Å². The maximum atomic E-state index is 5.13. The largest absolute Gasteiger partial charge is 0.472 e. The van der Waals surface area contributed by atoms with Gasteiger partial charge >= 0.3 is 0 Å². The van der Waals surface area contributed by atoms with E-state index in [0.717, 1.165) is 35.5 Å². The molecule has 92 valence electrons. The highest BCUT2D eigenvalue weighted by Crippen LogP contribution is 2.32. The summed E-state index contributed by atoms with van der Waals surface area (Å²) in [4.78, 5) is 9.27. The molecule has 0 amide bonds. The van der Waals surface area contributed by atoms with Gasteiger partial charge in [-0.25, -0.2) is 4.98 Å². The van der Waals surface area contributed by atoms with Gasteiger partial charge in [0.15, 0.2) is 0 Å². The minimum absolute atomic E-state index is 0.936. The molecule has 0 aliphatic heterocycles. The van der Waals surface area contributed by atoms with E-state index in [9.17, 15) is 0 Å². The fourth-order valence-electron chi connectivity index (χ4n) is 2.59. The molecular formula is C16H12N2O. The molecular weight excluding hydrogens is 236 g/mol. The second kappa shape index (κ2) is 4.05. The Balaban J connectivity index is 1.92. The van der Waals surface area contributed by atoms with Gasteiger partial charge in [0.25, 0.3) is 0 Å². The van der Waals surface area contributed by atoms with Crippen molar-refractivity contribution in [3.63, 3.8) is 0 Å². The molecule has 0 N–H and O–H groups in total.